The third kappa shape index (κ3) is 3.99. The number of aromatic nitrogens is 1. The van der Waals surface area contributed by atoms with Gasteiger partial charge in [-0.25, -0.2) is 13.8 Å². The number of thiazole rings is 1. The van der Waals surface area contributed by atoms with Gasteiger partial charge in [-0.3, -0.25) is 4.79 Å². The van der Waals surface area contributed by atoms with E-state index < -0.39 is 13.3 Å². The first kappa shape index (κ1) is 18.3. The molecule has 7 heteroatoms. The van der Waals surface area contributed by atoms with Crippen LogP contribution in [-0.2, 0) is 24.8 Å². The van der Waals surface area contributed by atoms with Gasteiger partial charge in [-0.05, 0) is 53.9 Å². The van der Waals surface area contributed by atoms with Crippen molar-refractivity contribution >= 4 is 33.1 Å². The lowest BCUT2D eigenvalue weighted by molar-refractivity contribution is -0.114. The molecule has 0 aliphatic rings. The fourth-order valence-electron chi connectivity index (χ4n) is 2.62. The molecule has 0 atom stereocenters. The molecule has 0 saturated carbocycles. The molecule has 0 fully saturated rings. The average molecular weight is 376 g/mol. The second-order valence-corrected chi connectivity index (χ2v) is 7.03. The first-order valence-corrected chi connectivity index (χ1v) is 8.86. The van der Waals surface area contributed by atoms with E-state index in [-0.39, 0.29) is 12.5 Å². The van der Waals surface area contributed by atoms with E-state index in [1.54, 1.807) is 24.3 Å². The van der Waals surface area contributed by atoms with Crippen LogP contribution in [0.25, 0.3) is 10.2 Å². The molecule has 1 N–H and O–H groups in total. The second-order valence-electron chi connectivity index (χ2n) is 5.91. The van der Waals surface area contributed by atoms with E-state index >= 15 is 0 Å². The number of hydrogen-bond acceptors (Lipinski definition) is 4. The van der Waals surface area contributed by atoms with Crippen LogP contribution in [-0.4, -0.2) is 10.9 Å². The van der Waals surface area contributed by atoms with Crippen molar-refractivity contribution in [1.29, 1.82) is 0 Å². The molecule has 1 aromatic heterocycles. The zero-order chi connectivity index (χ0) is 18.7. The quantitative estimate of drug-likeness (QED) is 0.653. The number of fused-ring (bicyclic) bond motifs is 1. The van der Waals surface area contributed by atoms with Gasteiger partial charge in [-0.2, -0.15) is 0 Å². The molecule has 0 aliphatic carbocycles. The summed E-state index contributed by atoms with van der Waals surface area (Å²) in [5.74, 6) is 0.529. The van der Waals surface area contributed by atoms with Gasteiger partial charge in [-0.1, -0.05) is 0 Å². The number of carbonyl (C=O) groups is 1. The molecular formula is C19H18F2N2O2S. The number of rotatable bonds is 6. The summed E-state index contributed by atoms with van der Waals surface area (Å²) in [6, 6.07) is 8.63. The van der Waals surface area contributed by atoms with Crippen molar-refractivity contribution in [1.82, 2.24) is 4.98 Å². The highest BCUT2D eigenvalue weighted by Gasteiger charge is 2.11. The fourth-order valence-corrected chi connectivity index (χ4v) is 3.54. The molecule has 2 aromatic carbocycles. The molecular weight excluding hydrogens is 358 g/mol. The molecule has 26 heavy (non-hydrogen) atoms. The molecule has 0 aliphatic heterocycles. The van der Waals surface area contributed by atoms with E-state index in [1.165, 1.54) is 18.3 Å². The lowest BCUT2D eigenvalue weighted by atomic mass is 10.1. The summed E-state index contributed by atoms with van der Waals surface area (Å²) in [6.45, 7) is 2.19. The fraction of sp³-hybridized carbons (Fsp3) is 0.263. The van der Waals surface area contributed by atoms with Crippen LogP contribution < -0.4 is 10.1 Å². The Morgan fingerprint density at radius 3 is 2.58 bits per heavy atom. The summed E-state index contributed by atoms with van der Waals surface area (Å²) in [4.78, 5) is 15.6. The third-order valence-corrected chi connectivity index (χ3v) is 4.90. The zero-order valence-corrected chi connectivity index (χ0v) is 15.3. The Balaban J connectivity index is 1.75. The van der Waals surface area contributed by atoms with Crippen molar-refractivity contribution in [2.75, 3.05) is 5.32 Å². The summed E-state index contributed by atoms with van der Waals surface area (Å²) >= 11 is 1.40. The monoisotopic (exact) mass is 376 g/mol. The van der Waals surface area contributed by atoms with Crippen LogP contribution in [0.1, 0.15) is 28.6 Å². The van der Waals surface area contributed by atoms with Crippen LogP contribution in [0.4, 0.5) is 14.5 Å². The zero-order valence-electron chi connectivity index (χ0n) is 14.4. The lowest BCUT2D eigenvalue weighted by Gasteiger charge is -2.09. The number of nitrogens with zero attached hydrogens (tertiary/aromatic N) is 1. The lowest BCUT2D eigenvalue weighted by Crippen LogP contribution is -2.07. The van der Waals surface area contributed by atoms with Gasteiger partial charge < -0.3 is 10.1 Å². The molecule has 136 valence electrons. The van der Waals surface area contributed by atoms with Crippen LogP contribution in [0, 0.1) is 6.92 Å². The highest BCUT2D eigenvalue weighted by molar-refractivity contribution is 7.18. The Morgan fingerprint density at radius 2 is 1.92 bits per heavy atom. The van der Waals surface area contributed by atoms with Gasteiger partial charge in [0.25, 0.3) is 0 Å². The molecule has 3 rings (SSSR count). The van der Waals surface area contributed by atoms with E-state index in [2.05, 4.69) is 10.3 Å². The Morgan fingerprint density at radius 1 is 1.19 bits per heavy atom. The Hall–Kier alpha value is -2.54. The Labute approximate surface area is 153 Å². The number of carbonyl (C=O) groups excluding carboxylic acids is 1. The topological polar surface area (TPSA) is 51.2 Å². The van der Waals surface area contributed by atoms with Crippen LogP contribution in [0.5, 0.6) is 5.75 Å². The number of benzene rings is 2. The predicted molar refractivity (Wildman–Crippen MR) is 99.1 cm³/mol. The number of anilines is 1. The molecule has 0 bridgehead atoms. The van der Waals surface area contributed by atoms with E-state index in [4.69, 9.17) is 4.74 Å². The maximum Gasteiger partial charge on any atom is 0.221 e. The minimum atomic E-state index is -0.710. The maximum atomic E-state index is 13.0. The van der Waals surface area contributed by atoms with Gasteiger partial charge in [0.1, 0.15) is 30.7 Å². The molecule has 4 nitrogen and oxygen atoms in total. The largest absolute Gasteiger partial charge is 0.486 e. The standard InChI is InChI=1S/C19H18F2N2O2S/c1-11-5-15(3-4-16(11)22-12(2)24)25-10-19-23-17-6-13(8-20)14(9-21)7-18(17)26-19/h3-7H,8-10H2,1-2H3,(H,22,24). The van der Waals surface area contributed by atoms with Crippen molar-refractivity contribution in [3.8, 4) is 5.75 Å². The summed E-state index contributed by atoms with van der Waals surface area (Å²) in [6.07, 6.45) is 0. The summed E-state index contributed by atoms with van der Waals surface area (Å²) in [7, 11) is 0. The number of alkyl halides is 2. The third-order valence-electron chi connectivity index (χ3n) is 3.91. The van der Waals surface area contributed by atoms with E-state index in [0.717, 1.165) is 21.0 Å². The number of nitrogens with one attached hydrogen (secondary N) is 1. The van der Waals surface area contributed by atoms with E-state index in [1.807, 2.05) is 13.0 Å². The second kappa shape index (κ2) is 7.78. The smallest absolute Gasteiger partial charge is 0.221 e. The predicted octanol–water partition coefficient (Wildman–Crippen LogP) is 5.08. The number of amides is 1. The molecule has 0 unspecified atom stereocenters. The normalized spacial score (nSPS) is 10.9. The van der Waals surface area contributed by atoms with Crippen LogP contribution >= 0.6 is 11.3 Å². The first-order valence-electron chi connectivity index (χ1n) is 8.04. The van der Waals surface area contributed by atoms with Crippen LogP contribution in [0.3, 0.4) is 0 Å². The van der Waals surface area contributed by atoms with Gasteiger partial charge in [0, 0.05) is 12.6 Å². The van der Waals surface area contributed by atoms with Gasteiger partial charge in [-0.15, -0.1) is 11.3 Å². The minimum absolute atomic E-state index is 0.128. The number of hydrogen-bond donors (Lipinski definition) is 1. The van der Waals surface area contributed by atoms with Crippen LogP contribution in [0.2, 0.25) is 0 Å². The highest BCUT2D eigenvalue weighted by atomic mass is 32.1. The van der Waals surface area contributed by atoms with Crippen LogP contribution in [0.15, 0.2) is 30.3 Å². The summed E-state index contributed by atoms with van der Waals surface area (Å²) in [5, 5.41) is 3.47. The number of ether oxygens (including phenoxy) is 1. The van der Waals surface area contributed by atoms with E-state index in [0.29, 0.717) is 22.4 Å². The van der Waals surface area contributed by atoms with Gasteiger partial charge in [0.2, 0.25) is 5.91 Å². The summed E-state index contributed by atoms with van der Waals surface area (Å²) < 4.78 is 32.6. The number of aryl methyl sites for hydroxylation is 1. The molecule has 3 aromatic rings. The maximum absolute atomic E-state index is 13.0. The van der Waals surface area contributed by atoms with Gasteiger partial charge >= 0.3 is 0 Å². The SMILES string of the molecule is CC(=O)Nc1ccc(OCc2nc3cc(CF)c(CF)cc3s2)cc1C. The van der Waals surface area contributed by atoms with Gasteiger partial charge in [0.05, 0.1) is 10.2 Å². The minimum Gasteiger partial charge on any atom is -0.486 e. The Bertz CT molecular complexity index is 915. The summed E-state index contributed by atoms with van der Waals surface area (Å²) in [5.41, 5.74) is 2.97. The molecule has 0 radical (unpaired) electrons. The van der Waals surface area contributed by atoms with Crippen molar-refractivity contribution in [2.45, 2.75) is 33.8 Å². The Kier molecular flexibility index (Phi) is 5.46. The average Bonchev–Trinajstić information content (AvgIpc) is 3.02. The van der Waals surface area contributed by atoms with Gasteiger partial charge in [0.15, 0.2) is 0 Å². The first-order chi connectivity index (χ1) is 12.5. The molecule has 1 amide bonds. The van der Waals surface area contributed by atoms with Crippen molar-refractivity contribution in [3.05, 3.63) is 52.0 Å². The van der Waals surface area contributed by atoms with Crippen molar-refractivity contribution in [3.63, 3.8) is 0 Å². The molecule has 1 heterocycles. The number of halogens is 2. The van der Waals surface area contributed by atoms with Crippen molar-refractivity contribution in [2.24, 2.45) is 0 Å². The van der Waals surface area contributed by atoms with E-state index in [9.17, 15) is 13.6 Å². The van der Waals surface area contributed by atoms with Crippen molar-refractivity contribution < 1.29 is 18.3 Å². The molecule has 0 spiro atoms. The molecule has 0 saturated heterocycles. The highest BCUT2D eigenvalue weighted by Crippen LogP contribution is 2.28.